The van der Waals surface area contributed by atoms with Crippen LogP contribution in [0.2, 0.25) is 0 Å². The molecular formula is C27H27NO7. The van der Waals surface area contributed by atoms with Crippen LogP contribution in [0.25, 0.3) is 0 Å². The van der Waals surface area contributed by atoms with Gasteiger partial charge in [0, 0.05) is 0 Å². The van der Waals surface area contributed by atoms with E-state index in [0.717, 1.165) is 5.56 Å². The molecule has 0 fully saturated rings. The monoisotopic (exact) mass is 477 g/mol. The first kappa shape index (κ1) is 25.3. The molecule has 0 bridgehead atoms. The number of hydrogen-bond acceptors (Lipinski definition) is 6. The minimum Gasteiger partial charge on any atom is -0.482 e. The molecular weight excluding hydrogens is 450 g/mol. The van der Waals surface area contributed by atoms with Gasteiger partial charge in [-0.1, -0.05) is 24.3 Å². The average Bonchev–Trinajstić information content (AvgIpc) is 2.79. The zero-order valence-electron chi connectivity index (χ0n) is 19.7. The van der Waals surface area contributed by atoms with Gasteiger partial charge in [0.1, 0.15) is 22.8 Å². The molecule has 3 aromatic carbocycles. The predicted octanol–water partition coefficient (Wildman–Crippen LogP) is 5.08. The number of carbonyl (C=O) groups excluding carboxylic acids is 2. The van der Waals surface area contributed by atoms with Crippen molar-refractivity contribution in [3.63, 3.8) is 0 Å². The maximum atomic E-state index is 12.4. The van der Waals surface area contributed by atoms with Crippen LogP contribution in [0, 0.1) is 0 Å². The molecule has 3 rings (SSSR count). The molecule has 3 aromatic rings. The van der Waals surface area contributed by atoms with E-state index < -0.39 is 17.5 Å². The zero-order valence-corrected chi connectivity index (χ0v) is 19.7. The van der Waals surface area contributed by atoms with Crippen molar-refractivity contribution in [3.8, 4) is 17.2 Å². The van der Waals surface area contributed by atoms with Gasteiger partial charge < -0.3 is 24.6 Å². The summed E-state index contributed by atoms with van der Waals surface area (Å²) in [7, 11) is 0. The Kier molecular flexibility index (Phi) is 8.09. The number of nitrogens with one attached hydrogen (secondary N) is 1. The van der Waals surface area contributed by atoms with E-state index in [2.05, 4.69) is 5.32 Å². The number of hydrogen-bond donors (Lipinski definition) is 2. The van der Waals surface area contributed by atoms with Crippen molar-refractivity contribution < 1.29 is 33.7 Å². The normalized spacial score (nSPS) is 10.8. The molecule has 0 atom stereocenters. The molecule has 0 spiro atoms. The molecule has 1 amide bonds. The van der Waals surface area contributed by atoms with Crippen molar-refractivity contribution in [3.05, 3.63) is 83.9 Å². The lowest BCUT2D eigenvalue weighted by Gasteiger charge is -2.19. The predicted molar refractivity (Wildman–Crippen MR) is 130 cm³/mol. The second-order valence-corrected chi connectivity index (χ2v) is 8.67. The van der Waals surface area contributed by atoms with Crippen LogP contribution in [0.15, 0.2) is 72.8 Å². The Balaban J connectivity index is 1.51. The van der Waals surface area contributed by atoms with Crippen LogP contribution >= 0.6 is 0 Å². The number of rotatable bonds is 9. The van der Waals surface area contributed by atoms with Crippen LogP contribution in [-0.4, -0.2) is 35.2 Å². The van der Waals surface area contributed by atoms with Crippen LogP contribution in [0.4, 0.5) is 5.69 Å². The molecule has 0 aliphatic heterocycles. The molecule has 0 aliphatic rings. The highest BCUT2D eigenvalue weighted by atomic mass is 16.6. The molecule has 0 heterocycles. The minimum atomic E-state index is -1.11. The highest BCUT2D eigenvalue weighted by Crippen LogP contribution is 2.24. The summed E-state index contributed by atoms with van der Waals surface area (Å²) in [6, 6.07) is 20.0. The minimum absolute atomic E-state index is 0.0332. The summed E-state index contributed by atoms with van der Waals surface area (Å²) in [6.45, 7) is 5.19. The smallest absolute Gasteiger partial charge is 0.344 e. The lowest BCUT2D eigenvalue weighted by Crippen LogP contribution is -2.27. The molecule has 8 nitrogen and oxygen atoms in total. The second kappa shape index (κ2) is 11.2. The topological polar surface area (TPSA) is 111 Å². The number of anilines is 1. The van der Waals surface area contributed by atoms with Crippen LogP contribution in [0.3, 0.4) is 0 Å². The van der Waals surface area contributed by atoms with Gasteiger partial charge in [0.25, 0.3) is 0 Å². The van der Waals surface area contributed by atoms with E-state index in [9.17, 15) is 19.5 Å². The number of ether oxygens (including phenoxy) is 3. The van der Waals surface area contributed by atoms with Gasteiger partial charge in [0.15, 0.2) is 6.61 Å². The molecule has 0 radical (unpaired) electrons. The first-order valence-corrected chi connectivity index (χ1v) is 10.9. The highest BCUT2D eigenvalue weighted by molar-refractivity contribution is 6.01. The number of para-hydroxylation sites is 1. The number of esters is 1. The van der Waals surface area contributed by atoms with Crippen molar-refractivity contribution in [2.24, 2.45) is 0 Å². The molecule has 2 N–H and O–H groups in total. The third kappa shape index (κ3) is 8.19. The van der Waals surface area contributed by atoms with E-state index in [0.29, 0.717) is 17.2 Å². The van der Waals surface area contributed by atoms with Gasteiger partial charge >= 0.3 is 11.9 Å². The van der Waals surface area contributed by atoms with E-state index >= 15 is 0 Å². The maximum absolute atomic E-state index is 12.4. The fraction of sp³-hybridized carbons (Fsp3) is 0.222. The quantitative estimate of drug-likeness (QED) is 0.414. The summed E-state index contributed by atoms with van der Waals surface area (Å²) in [5.41, 5.74) is 0.464. The molecule has 35 heavy (non-hydrogen) atoms. The number of carboxylic acid groups (broad SMARTS) is 1. The third-order valence-corrected chi connectivity index (χ3v) is 4.56. The van der Waals surface area contributed by atoms with Crippen LogP contribution in [-0.2, 0) is 20.7 Å². The average molecular weight is 478 g/mol. The van der Waals surface area contributed by atoms with Crippen LogP contribution < -0.4 is 14.8 Å². The number of carboxylic acids is 1. The van der Waals surface area contributed by atoms with Gasteiger partial charge in [-0.25, -0.2) is 9.59 Å². The Labute approximate surface area is 203 Å². The summed E-state index contributed by atoms with van der Waals surface area (Å²) in [5, 5.41) is 11.9. The summed E-state index contributed by atoms with van der Waals surface area (Å²) >= 11 is 0. The summed E-state index contributed by atoms with van der Waals surface area (Å²) < 4.78 is 16.4. The maximum Gasteiger partial charge on any atom is 0.344 e. The van der Waals surface area contributed by atoms with Crippen molar-refractivity contribution in [2.75, 3.05) is 11.9 Å². The lowest BCUT2D eigenvalue weighted by molar-refractivity contribution is -0.157. The van der Waals surface area contributed by atoms with Gasteiger partial charge in [0.05, 0.1) is 17.7 Å². The summed E-state index contributed by atoms with van der Waals surface area (Å²) in [5.74, 6) is -0.218. The van der Waals surface area contributed by atoms with Crippen molar-refractivity contribution in [1.82, 2.24) is 0 Å². The Morgan fingerprint density at radius 3 is 2.00 bits per heavy atom. The lowest BCUT2D eigenvalue weighted by atomic mass is 10.1. The molecule has 8 heteroatoms. The largest absolute Gasteiger partial charge is 0.482 e. The van der Waals surface area contributed by atoms with Crippen LogP contribution in [0.1, 0.15) is 36.7 Å². The first-order valence-electron chi connectivity index (χ1n) is 10.9. The molecule has 0 aromatic heterocycles. The SMILES string of the molecule is CC(C)(C)OC(=O)COc1ccc(Oc2ccc(CC(=O)Nc3ccccc3C(=O)O)cc2)cc1. The van der Waals surface area contributed by atoms with E-state index in [4.69, 9.17) is 14.2 Å². The van der Waals surface area contributed by atoms with E-state index in [1.54, 1.807) is 87.5 Å². The molecule has 0 saturated carbocycles. The van der Waals surface area contributed by atoms with Crippen molar-refractivity contribution in [2.45, 2.75) is 32.8 Å². The van der Waals surface area contributed by atoms with Gasteiger partial charge in [-0.2, -0.15) is 0 Å². The Hall–Kier alpha value is -4.33. The summed E-state index contributed by atoms with van der Waals surface area (Å²) in [4.78, 5) is 35.4. The van der Waals surface area contributed by atoms with E-state index in [1.165, 1.54) is 6.07 Å². The fourth-order valence-electron chi connectivity index (χ4n) is 3.09. The van der Waals surface area contributed by atoms with E-state index in [1.807, 2.05) is 0 Å². The third-order valence-electron chi connectivity index (χ3n) is 4.56. The van der Waals surface area contributed by atoms with Gasteiger partial charge in [0.2, 0.25) is 5.91 Å². The molecule has 0 unspecified atom stereocenters. The Bertz CT molecular complexity index is 1180. The van der Waals surface area contributed by atoms with Gasteiger partial charge in [-0.3, -0.25) is 4.79 Å². The molecule has 0 aliphatic carbocycles. The number of carbonyl (C=O) groups is 3. The highest BCUT2D eigenvalue weighted by Gasteiger charge is 2.16. The van der Waals surface area contributed by atoms with Gasteiger partial charge in [-0.15, -0.1) is 0 Å². The standard InChI is InChI=1S/C27H27NO7/c1-27(2,3)35-25(30)17-33-19-12-14-21(15-13-19)34-20-10-8-18(9-11-20)16-24(29)28-23-7-5-4-6-22(23)26(31)32/h4-15H,16-17H2,1-3H3,(H,28,29)(H,31,32). The second-order valence-electron chi connectivity index (χ2n) is 8.67. The molecule has 182 valence electrons. The first-order chi connectivity index (χ1) is 16.6. The van der Waals surface area contributed by atoms with Crippen molar-refractivity contribution in [1.29, 1.82) is 0 Å². The fourth-order valence-corrected chi connectivity index (χ4v) is 3.09. The van der Waals surface area contributed by atoms with Crippen molar-refractivity contribution >= 4 is 23.5 Å². The van der Waals surface area contributed by atoms with Crippen LogP contribution in [0.5, 0.6) is 17.2 Å². The zero-order chi connectivity index (χ0) is 25.4. The molecule has 0 saturated heterocycles. The number of aromatic carboxylic acids is 1. The summed E-state index contributed by atoms with van der Waals surface area (Å²) in [6.07, 6.45) is 0.0813. The Morgan fingerprint density at radius 1 is 0.829 bits per heavy atom. The number of amides is 1. The Morgan fingerprint density at radius 2 is 1.40 bits per heavy atom. The van der Waals surface area contributed by atoms with E-state index in [-0.39, 0.29) is 30.2 Å². The van der Waals surface area contributed by atoms with Gasteiger partial charge in [-0.05, 0) is 74.9 Å². The number of benzene rings is 3.